The van der Waals surface area contributed by atoms with E-state index < -0.39 is 0 Å². The molecular formula is C9H12N2O. The molecule has 0 atom stereocenters. The van der Waals surface area contributed by atoms with Crippen LogP contribution < -0.4 is 4.90 Å². The van der Waals surface area contributed by atoms with Crippen molar-refractivity contribution in [3.63, 3.8) is 0 Å². The molecule has 12 heavy (non-hydrogen) atoms. The van der Waals surface area contributed by atoms with Gasteiger partial charge in [-0.2, -0.15) is 0 Å². The summed E-state index contributed by atoms with van der Waals surface area (Å²) in [5.74, 6) is 1.40. The molecule has 1 fully saturated rings. The quantitative estimate of drug-likeness (QED) is 0.676. The van der Waals surface area contributed by atoms with E-state index in [2.05, 4.69) is 9.88 Å². The zero-order valence-corrected chi connectivity index (χ0v) is 6.92. The molecule has 0 spiro atoms. The maximum atomic E-state index is 11.1. The number of piperidine rings is 1. The average molecular weight is 164 g/mol. The second-order valence-corrected chi connectivity index (χ2v) is 3.12. The largest absolute Gasteiger partial charge is 0.351 e. The summed E-state index contributed by atoms with van der Waals surface area (Å²) in [6, 6.07) is 3.95. The maximum Gasteiger partial charge on any atom is 0.152 e. The van der Waals surface area contributed by atoms with Crippen LogP contribution in [0.4, 0.5) is 5.82 Å². The molecule has 0 bridgehead atoms. The predicted octanol–water partition coefficient (Wildman–Crippen LogP) is 1.18. The van der Waals surface area contributed by atoms with Crippen molar-refractivity contribution < 1.29 is 4.79 Å². The topological polar surface area (TPSA) is 36.1 Å². The van der Waals surface area contributed by atoms with Crippen LogP contribution in [-0.4, -0.2) is 23.9 Å². The first-order valence-electron chi connectivity index (χ1n) is 4.26. The number of carbonyl (C=O) groups excluding carboxylic acids is 1. The lowest BCUT2D eigenvalue weighted by atomic mass is 10.1. The van der Waals surface area contributed by atoms with Crippen molar-refractivity contribution in [2.75, 3.05) is 18.0 Å². The number of ketones is 1. The fourth-order valence-corrected chi connectivity index (χ4v) is 1.56. The summed E-state index contributed by atoms with van der Waals surface area (Å²) in [5, 5.41) is 0. The van der Waals surface area contributed by atoms with Crippen LogP contribution in [0, 0.1) is 0 Å². The first-order chi connectivity index (χ1) is 5.86. The van der Waals surface area contributed by atoms with Gasteiger partial charge in [-0.25, -0.2) is 0 Å². The van der Waals surface area contributed by atoms with E-state index >= 15 is 0 Å². The fraction of sp³-hybridized carbons (Fsp3) is 0.444. The number of nitrogens with one attached hydrogen (secondary N) is 1. The number of aromatic amines is 1. The summed E-state index contributed by atoms with van der Waals surface area (Å²) in [4.78, 5) is 16.3. The molecule has 0 saturated carbocycles. The van der Waals surface area contributed by atoms with Gasteiger partial charge in [0.1, 0.15) is 5.82 Å². The van der Waals surface area contributed by atoms with Crippen LogP contribution in [0.25, 0.3) is 0 Å². The second kappa shape index (κ2) is 3.01. The third-order valence-electron chi connectivity index (χ3n) is 2.17. The molecule has 1 aromatic heterocycles. The number of aromatic nitrogens is 1. The number of anilines is 1. The van der Waals surface area contributed by atoms with Gasteiger partial charge < -0.3 is 9.88 Å². The zero-order valence-electron chi connectivity index (χ0n) is 6.92. The number of Topliss-reactive ketones (excluding diaryl/α,β-unsaturated/α-hetero) is 1. The van der Waals surface area contributed by atoms with Crippen molar-refractivity contribution >= 4 is 11.6 Å². The molecule has 0 aliphatic carbocycles. The number of nitrogens with zero attached hydrogens (tertiary/aromatic N) is 1. The molecule has 64 valence electrons. The van der Waals surface area contributed by atoms with E-state index in [0.717, 1.165) is 25.2 Å². The second-order valence-electron chi connectivity index (χ2n) is 3.12. The number of hydrogen-bond donors (Lipinski definition) is 1. The SMILES string of the molecule is O=C1CCCN(c2ccc[nH]2)C1. The molecule has 0 amide bonds. The average Bonchev–Trinajstić information content (AvgIpc) is 2.56. The van der Waals surface area contributed by atoms with E-state index in [-0.39, 0.29) is 0 Å². The molecule has 3 heteroatoms. The monoisotopic (exact) mass is 164 g/mol. The van der Waals surface area contributed by atoms with Gasteiger partial charge in [0.15, 0.2) is 5.78 Å². The van der Waals surface area contributed by atoms with E-state index in [1.165, 1.54) is 0 Å². The number of rotatable bonds is 1. The molecular weight excluding hydrogens is 152 g/mol. The molecule has 0 aromatic carbocycles. The van der Waals surface area contributed by atoms with Crippen molar-refractivity contribution in [2.24, 2.45) is 0 Å². The number of hydrogen-bond acceptors (Lipinski definition) is 2. The van der Waals surface area contributed by atoms with Gasteiger partial charge in [-0.05, 0) is 18.6 Å². The summed E-state index contributed by atoms with van der Waals surface area (Å²) in [6.07, 6.45) is 3.61. The van der Waals surface area contributed by atoms with Crippen molar-refractivity contribution in [1.82, 2.24) is 4.98 Å². The number of carbonyl (C=O) groups is 1. The lowest BCUT2D eigenvalue weighted by Crippen LogP contribution is -2.35. The van der Waals surface area contributed by atoms with Crippen LogP contribution in [-0.2, 0) is 4.79 Å². The maximum absolute atomic E-state index is 11.1. The molecule has 2 heterocycles. The number of H-pyrrole nitrogens is 1. The van der Waals surface area contributed by atoms with Gasteiger partial charge in [0.05, 0.1) is 6.54 Å². The Balaban J connectivity index is 2.09. The zero-order chi connectivity index (χ0) is 8.39. The minimum absolute atomic E-state index is 0.343. The van der Waals surface area contributed by atoms with E-state index in [1.807, 2.05) is 18.3 Å². The molecule has 0 radical (unpaired) electrons. The standard InChI is InChI=1S/C9H12N2O/c12-8-3-2-6-11(7-8)9-4-1-5-10-9/h1,4-5,10H,2-3,6-7H2. The summed E-state index contributed by atoms with van der Waals surface area (Å²) >= 11 is 0. The Morgan fingerprint density at radius 2 is 2.42 bits per heavy atom. The molecule has 3 nitrogen and oxygen atoms in total. The van der Waals surface area contributed by atoms with Crippen molar-refractivity contribution in [1.29, 1.82) is 0 Å². The predicted molar refractivity (Wildman–Crippen MR) is 47.2 cm³/mol. The third-order valence-corrected chi connectivity index (χ3v) is 2.17. The van der Waals surface area contributed by atoms with Crippen LogP contribution in [0.3, 0.4) is 0 Å². The van der Waals surface area contributed by atoms with Crippen LogP contribution >= 0.6 is 0 Å². The Hall–Kier alpha value is -1.25. The van der Waals surface area contributed by atoms with Gasteiger partial charge in [0.25, 0.3) is 0 Å². The van der Waals surface area contributed by atoms with Gasteiger partial charge in [-0.1, -0.05) is 0 Å². The molecule has 1 saturated heterocycles. The van der Waals surface area contributed by atoms with Crippen molar-refractivity contribution in [2.45, 2.75) is 12.8 Å². The molecule has 2 rings (SSSR count). The van der Waals surface area contributed by atoms with Gasteiger partial charge >= 0.3 is 0 Å². The summed E-state index contributed by atoms with van der Waals surface area (Å²) in [5.41, 5.74) is 0. The van der Waals surface area contributed by atoms with Crippen LogP contribution in [0.15, 0.2) is 18.3 Å². The molecule has 0 unspecified atom stereocenters. The Morgan fingerprint density at radius 1 is 1.50 bits per heavy atom. The van der Waals surface area contributed by atoms with Crippen molar-refractivity contribution in [3.05, 3.63) is 18.3 Å². The fourth-order valence-electron chi connectivity index (χ4n) is 1.56. The Labute approximate surface area is 71.4 Å². The first kappa shape index (κ1) is 7.40. The minimum Gasteiger partial charge on any atom is -0.351 e. The smallest absolute Gasteiger partial charge is 0.152 e. The van der Waals surface area contributed by atoms with E-state index in [0.29, 0.717) is 12.3 Å². The summed E-state index contributed by atoms with van der Waals surface area (Å²) in [6.45, 7) is 1.56. The Kier molecular flexibility index (Phi) is 1.86. The van der Waals surface area contributed by atoms with Gasteiger partial charge in [-0.15, -0.1) is 0 Å². The Bertz CT molecular complexity index is 266. The van der Waals surface area contributed by atoms with E-state index in [4.69, 9.17) is 0 Å². The highest BCUT2D eigenvalue weighted by atomic mass is 16.1. The van der Waals surface area contributed by atoms with Crippen molar-refractivity contribution in [3.8, 4) is 0 Å². The van der Waals surface area contributed by atoms with Gasteiger partial charge in [0, 0.05) is 19.2 Å². The van der Waals surface area contributed by atoms with Crippen LogP contribution in [0.5, 0.6) is 0 Å². The molecule has 1 aliphatic rings. The molecule has 1 N–H and O–H groups in total. The van der Waals surface area contributed by atoms with Gasteiger partial charge in [0.2, 0.25) is 0 Å². The highest BCUT2D eigenvalue weighted by Gasteiger charge is 2.16. The lowest BCUT2D eigenvalue weighted by Gasteiger charge is -2.26. The van der Waals surface area contributed by atoms with Crippen LogP contribution in [0.1, 0.15) is 12.8 Å². The highest BCUT2D eigenvalue weighted by molar-refractivity contribution is 5.84. The first-order valence-corrected chi connectivity index (χ1v) is 4.26. The summed E-state index contributed by atoms with van der Waals surface area (Å²) in [7, 11) is 0. The minimum atomic E-state index is 0.343. The molecule has 1 aliphatic heterocycles. The lowest BCUT2D eigenvalue weighted by molar-refractivity contribution is -0.118. The summed E-state index contributed by atoms with van der Waals surface area (Å²) < 4.78 is 0. The normalized spacial score (nSPS) is 18.3. The Morgan fingerprint density at radius 3 is 3.08 bits per heavy atom. The van der Waals surface area contributed by atoms with Gasteiger partial charge in [-0.3, -0.25) is 4.79 Å². The van der Waals surface area contributed by atoms with E-state index in [9.17, 15) is 4.79 Å². The molecule has 1 aromatic rings. The van der Waals surface area contributed by atoms with E-state index in [1.54, 1.807) is 0 Å². The highest BCUT2D eigenvalue weighted by Crippen LogP contribution is 2.14. The van der Waals surface area contributed by atoms with Crippen LogP contribution in [0.2, 0.25) is 0 Å². The third kappa shape index (κ3) is 1.35.